The summed E-state index contributed by atoms with van der Waals surface area (Å²) < 4.78 is 9.80. The summed E-state index contributed by atoms with van der Waals surface area (Å²) >= 11 is 0. The Labute approximate surface area is 125 Å². The molecule has 1 fully saturated rings. The topological polar surface area (TPSA) is 44.9 Å². The van der Waals surface area contributed by atoms with E-state index < -0.39 is 0 Å². The lowest BCUT2D eigenvalue weighted by atomic mass is 9.96. The van der Waals surface area contributed by atoms with Crippen molar-refractivity contribution >= 4 is 0 Å². The fraction of sp³-hybridized carbons (Fsp3) is 0.625. The van der Waals surface area contributed by atoms with E-state index in [9.17, 15) is 0 Å². The molecular weight excluding hydrogens is 264 g/mol. The van der Waals surface area contributed by atoms with Gasteiger partial charge in [-0.25, -0.2) is 0 Å². The summed E-state index contributed by atoms with van der Waals surface area (Å²) in [5.41, 5.74) is 0.990. The van der Waals surface area contributed by atoms with Crippen LogP contribution in [0.3, 0.4) is 0 Å². The summed E-state index contributed by atoms with van der Waals surface area (Å²) in [6.07, 6.45) is 13.4. The lowest BCUT2D eigenvalue weighted by molar-refractivity contribution is 0.290. The van der Waals surface area contributed by atoms with Crippen molar-refractivity contribution in [2.45, 2.75) is 64.6 Å². The molecule has 0 bridgehead atoms. The quantitative estimate of drug-likeness (QED) is 0.816. The highest BCUT2D eigenvalue weighted by Gasteiger charge is 2.16. The second kappa shape index (κ2) is 6.78. The molecule has 2 aromatic rings. The molecule has 0 atom stereocenters. The van der Waals surface area contributed by atoms with Gasteiger partial charge in [0.15, 0.2) is 5.75 Å². The van der Waals surface area contributed by atoms with E-state index in [1.54, 1.807) is 6.20 Å². The average Bonchev–Trinajstić information content (AvgIpc) is 3.16. The molecule has 5 nitrogen and oxygen atoms in total. The summed E-state index contributed by atoms with van der Waals surface area (Å²) in [4.78, 5) is 0. The number of aromatic nitrogens is 4. The van der Waals surface area contributed by atoms with Gasteiger partial charge in [-0.1, -0.05) is 26.2 Å². The van der Waals surface area contributed by atoms with Gasteiger partial charge in [-0.2, -0.15) is 10.2 Å². The molecule has 0 saturated heterocycles. The molecule has 0 unspecified atom stereocenters. The summed E-state index contributed by atoms with van der Waals surface area (Å²) in [6, 6.07) is 2.64. The van der Waals surface area contributed by atoms with Crippen molar-refractivity contribution in [2.24, 2.45) is 0 Å². The first-order chi connectivity index (χ1) is 10.3. The van der Waals surface area contributed by atoms with Gasteiger partial charge in [0.25, 0.3) is 0 Å². The smallest absolute Gasteiger partial charge is 0.157 e. The van der Waals surface area contributed by atoms with Gasteiger partial charge in [0.1, 0.15) is 6.61 Å². The van der Waals surface area contributed by atoms with Gasteiger partial charge in [0.05, 0.1) is 24.1 Å². The molecule has 1 saturated carbocycles. The van der Waals surface area contributed by atoms with Crippen molar-refractivity contribution in [3.05, 3.63) is 30.4 Å². The van der Waals surface area contributed by atoms with Crippen molar-refractivity contribution in [1.82, 2.24) is 19.6 Å². The van der Waals surface area contributed by atoms with Crippen molar-refractivity contribution in [2.75, 3.05) is 0 Å². The van der Waals surface area contributed by atoms with Crippen LogP contribution in [0.1, 0.15) is 57.2 Å². The van der Waals surface area contributed by atoms with Gasteiger partial charge in [-0.05, 0) is 25.3 Å². The fourth-order valence-electron chi connectivity index (χ4n) is 2.93. The number of aryl methyl sites for hydroxylation is 1. The first kappa shape index (κ1) is 14.2. The molecule has 0 spiro atoms. The maximum absolute atomic E-state index is 5.76. The monoisotopic (exact) mass is 288 g/mol. The lowest BCUT2D eigenvalue weighted by Gasteiger charge is -2.21. The maximum atomic E-state index is 5.76. The van der Waals surface area contributed by atoms with E-state index in [0.29, 0.717) is 12.6 Å². The molecule has 1 aliphatic rings. The predicted molar refractivity (Wildman–Crippen MR) is 81.2 cm³/mol. The van der Waals surface area contributed by atoms with Crippen LogP contribution in [0.5, 0.6) is 5.75 Å². The Morgan fingerprint density at radius 1 is 1.29 bits per heavy atom. The van der Waals surface area contributed by atoms with Gasteiger partial charge in [0.2, 0.25) is 0 Å². The Hall–Kier alpha value is -1.78. The average molecular weight is 288 g/mol. The van der Waals surface area contributed by atoms with E-state index in [1.165, 1.54) is 32.1 Å². The molecule has 0 radical (unpaired) electrons. The molecule has 0 aromatic carbocycles. The zero-order valence-corrected chi connectivity index (χ0v) is 12.7. The Bertz CT molecular complexity index is 554. The lowest BCUT2D eigenvalue weighted by Crippen LogP contribution is -2.13. The van der Waals surface area contributed by atoms with Crippen LogP contribution in [-0.2, 0) is 13.2 Å². The number of hydrogen-bond donors (Lipinski definition) is 0. The number of ether oxygens (including phenoxy) is 1. The zero-order chi connectivity index (χ0) is 14.5. The largest absolute Gasteiger partial charge is 0.484 e. The van der Waals surface area contributed by atoms with Crippen LogP contribution < -0.4 is 4.74 Å². The van der Waals surface area contributed by atoms with Crippen LogP contribution in [-0.4, -0.2) is 19.6 Å². The van der Waals surface area contributed by atoms with Gasteiger partial charge in [-0.3, -0.25) is 9.36 Å². The molecule has 2 heterocycles. The van der Waals surface area contributed by atoms with E-state index in [-0.39, 0.29) is 0 Å². The van der Waals surface area contributed by atoms with Gasteiger partial charge >= 0.3 is 0 Å². The van der Waals surface area contributed by atoms with E-state index >= 15 is 0 Å². The Morgan fingerprint density at radius 3 is 2.95 bits per heavy atom. The van der Waals surface area contributed by atoms with Crippen LogP contribution in [0.2, 0.25) is 0 Å². The van der Waals surface area contributed by atoms with Crippen LogP contribution in [0.4, 0.5) is 0 Å². The van der Waals surface area contributed by atoms with Crippen LogP contribution in [0.25, 0.3) is 0 Å². The SMILES string of the molecule is CCCn1cc(OCc2ccn(C3CCCCC3)n2)cn1. The van der Waals surface area contributed by atoms with E-state index in [0.717, 1.165) is 24.4 Å². The number of rotatable bonds is 6. The van der Waals surface area contributed by atoms with E-state index in [4.69, 9.17) is 4.74 Å². The molecule has 0 amide bonds. The van der Waals surface area contributed by atoms with Crippen LogP contribution >= 0.6 is 0 Å². The highest BCUT2D eigenvalue weighted by molar-refractivity contribution is 5.12. The van der Waals surface area contributed by atoms with Gasteiger partial charge < -0.3 is 4.74 Å². The summed E-state index contributed by atoms with van der Waals surface area (Å²) in [7, 11) is 0. The Balaban J connectivity index is 1.54. The van der Waals surface area contributed by atoms with Gasteiger partial charge in [0, 0.05) is 12.7 Å². The third kappa shape index (κ3) is 3.65. The summed E-state index contributed by atoms with van der Waals surface area (Å²) in [5.74, 6) is 0.815. The normalized spacial score (nSPS) is 16.2. The molecule has 3 rings (SSSR count). The molecule has 21 heavy (non-hydrogen) atoms. The third-order valence-electron chi connectivity index (χ3n) is 4.06. The summed E-state index contributed by atoms with van der Waals surface area (Å²) in [5, 5.41) is 8.92. The standard InChI is InChI=1S/C16H24N4O/c1-2-9-19-12-16(11-17-19)21-13-14-8-10-20(18-14)15-6-4-3-5-7-15/h8,10-12,15H,2-7,9,13H2,1H3. The summed E-state index contributed by atoms with van der Waals surface area (Å²) in [6.45, 7) is 3.58. The van der Waals surface area contributed by atoms with E-state index in [1.807, 2.05) is 10.9 Å². The second-order valence-electron chi connectivity index (χ2n) is 5.81. The van der Waals surface area contributed by atoms with Gasteiger partial charge in [-0.15, -0.1) is 0 Å². The van der Waals surface area contributed by atoms with Crippen molar-refractivity contribution in [3.8, 4) is 5.75 Å². The number of nitrogens with zero attached hydrogens (tertiary/aromatic N) is 4. The minimum atomic E-state index is 0.511. The molecular formula is C16H24N4O. The molecule has 1 aliphatic carbocycles. The van der Waals surface area contributed by atoms with Crippen LogP contribution in [0.15, 0.2) is 24.7 Å². The third-order valence-corrected chi connectivity index (χ3v) is 4.06. The zero-order valence-electron chi connectivity index (χ0n) is 12.7. The Kier molecular flexibility index (Phi) is 4.58. The second-order valence-corrected chi connectivity index (χ2v) is 5.81. The number of hydrogen-bond acceptors (Lipinski definition) is 3. The fourth-order valence-corrected chi connectivity index (χ4v) is 2.93. The minimum absolute atomic E-state index is 0.511. The molecule has 2 aromatic heterocycles. The highest BCUT2D eigenvalue weighted by atomic mass is 16.5. The maximum Gasteiger partial charge on any atom is 0.157 e. The molecule has 0 N–H and O–H groups in total. The first-order valence-electron chi connectivity index (χ1n) is 8.04. The Morgan fingerprint density at radius 2 is 2.14 bits per heavy atom. The minimum Gasteiger partial charge on any atom is -0.484 e. The van der Waals surface area contributed by atoms with Crippen molar-refractivity contribution in [3.63, 3.8) is 0 Å². The highest BCUT2D eigenvalue weighted by Crippen LogP contribution is 2.27. The first-order valence-corrected chi connectivity index (χ1v) is 8.04. The molecule has 5 heteroatoms. The molecule has 0 aliphatic heterocycles. The predicted octanol–water partition coefficient (Wildman–Crippen LogP) is 3.57. The van der Waals surface area contributed by atoms with Crippen molar-refractivity contribution < 1.29 is 4.74 Å². The van der Waals surface area contributed by atoms with E-state index in [2.05, 4.69) is 34.1 Å². The van der Waals surface area contributed by atoms with Crippen LogP contribution in [0, 0.1) is 0 Å². The molecule has 114 valence electrons. The van der Waals surface area contributed by atoms with Crippen molar-refractivity contribution in [1.29, 1.82) is 0 Å².